The number of rotatable bonds is 5. The molecule has 3 aromatic rings. The van der Waals surface area contributed by atoms with Crippen molar-refractivity contribution < 1.29 is 13.9 Å². The average Bonchev–Trinajstić information content (AvgIpc) is 2.59. The Morgan fingerprint density at radius 2 is 1.92 bits per heavy atom. The molecule has 0 aliphatic carbocycles. The van der Waals surface area contributed by atoms with Crippen LogP contribution in [0.25, 0.3) is 11.0 Å². The van der Waals surface area contributed by atoms with E-state index in [2.05, 4.69) is 5.32 Å². The molecule has 3 rings (SSSR count). The second-order valence-electron chi connectivity index (χ2n) is 6.41. The highest BCUT2D eigenvalue weighted by Crippen LogP contribution is 2.23. The van der Waals surface area contributed by atoms with Crippen LogP contribution in [0.4, 0.5) is 0 Å². The molecule has 0 atom stereocenters. The predicted molar refractivity (Wildman–Crippen MR) is 101 cm³/mol. The van der Waals surface area contributed by atoms with Crippen molar-refractivity contribution in [2.75, 3.05) is 0 Å². The van der Waals surface area contributed by atoms with Crippen LogP contribution in [0.3, 0.4) is 0 Å². The van der Waals surface area contributed by atoms with Crippen LogP contribution in [0, 0.1) is 6.92 Å². The molecule has 0 aliphatic heterocycles. The molecule has 1 aromatic heterocycles. The summed E-state index contributed by atoms with van der Waals surface area (Å²) >= 11 is 0. The summed E-state index contributed by atoms with van der Waals surface area (Å²) in [5.74, 6) is 0.275. The van der Waals surface area contributed by atoms with Gasteiger partial charge in [0.15, 0.2) is 0 Å². The van der Waals surface area contributed by atoms with E-state index >= 15 is 0 Å². The van der Waals surface area contributed by atoms with Crippen molar-refractivity contribution in [1.29, 1.82) is 0 Å². The zero-order valence-corrected chi connectivity index (χ0v) is 15.0. The molecule has 26 heavy (non-hydrogen) atoms. The first-order valence-electron chi connectivity index (χ1n) is 8.51. The van der Waals surface area contributed by atoms with Gasteiger partial charge in [0, 0.05) is 24.1 Å². The molecule has 2 aromatic carbocycles. The smallest absolute Gasteiger partial charge is 0.337 e. The molecule has 1 heterocycles. The van der Waals surface area contributed by atoms with E-state index in [1.807, 2.05) is 45.0 Å². The summed E-state index contributed by atoms with van der Waals surface area (Å²) in [7, 11) is 0. The van der Waals surface area contributed by atoms with E-state index in [-0.39, 0.29) is 12.0 Å². The number of amides is 1. The Balaban J connectivity index is 1.90. The highest BCUT2D eigenvalue weighted by Gasteiger charge is 2.14. The number of aryl methyl sites for hydroxylation is 1. The van der Waals surface area contributed by atoms with Gasteiger partial charge in [0.05, 0.1) is 11.7 Å². The lowest BCUT2D eigenvalue weighted by molar-refractivity contribution is 0.0952. The van der Waals surface area contributed by atoms with Gasteiger partial charge in [-0.1, -0.05) is 24.3 Å². The number of hydrogen-bond donors (Lipinski definition) is 1. The fourth-order valence-corrected chi connectivity index (χ4v) is 2.76. The summed E-state index contributed by atoms with van der Waals surface area (Å²) in [4.78, 5) is 24.5. The van der Waals surface area contributed by atoms with E-state index < -0.39 is 5.63 Å². The van der Waals surface area contributed by atoms with Crippen LogP contribution in [0.15, 0.2) is 57.7 Å². The molecule has 0 saturated carbocycles. The molecule has 5 heteroatoms. The first-order valence-corrected chi connectivity index (χ1v) is 8.51. The van der Waals surface area contributed by atoms with Gasteiger partial charge in [-0.3, -0.25) is 4.79 Å². The number of nitrogens with one attached hydrogen (secondary N) is 1. The Morgan fingerprint density at radius 3 is 2.65 bits per heavy atom. The van der Waals surface area contributed by atoms with Gasteiger partial charge in [-0.2, -0.15) is 0 Å². The van der Waals surface area contributed by atoms with E-state index in [1.54, 1.807) is 18.2 Å². The summed E-state index contributed by atoms with van der Waals surface area (Å²) in [5.41, 5.74) is 2.18. The molecule has 0 bridgehead atoms. The minimum absolute atomic E-state index is 0.000217. The number of carbonyl (C=O) groups is 1. The van der Waals surface area contributed by atoms with Gasteiger partial charge in [-0.15, -0.1) is 0 Å². The lowest BCUT2D eigenvalue weighted by Gasteiger charge is -2.12. The SMILES string of the molecule is Cc1ccccc1CNC(=O)c1cc(=O)oc2cc(OC(C)C)ccc12. The molecule has 0 unspecified atom stereocenters. The molecule has 0 radical (unpaired) electrons. The van der Waals surface area contributed by atoms with Crippen molar-refractivity contribution >= 4 is 16.9 Å². The number of benzene rings is 2. The molecule has 5 nitrogen and oxygen atoms in total. The number of hydrogen-bond acceptors (Lipinski definition) is 4. The zero-order valence-electron chi connectivity index (χ0n) is 15.0. The molecule has 0 saturated heterocycles. The maximum Gasteiger partial charge on any atom is 0.337 e. The van der Waals surface area contributed by atoms with Crippen molar-refractivity contribution in [3.8, 4) is 5.75 Å². The van der Waals surface area contributed by atoms with Gasteiger partial charge in [-0.25, -0.2) is 4.79 Å². The van der Waals surface area contributed by atoms with E-state index in [9.17, 15) is 9.59 Å². The van der Waals surface area contributed by atoms with Crippen LogP contribution in [0.1, 0.15) is 35.3 Å². The maximum atomic E-state index is 12.6. The summed E-state index contributed by atoms with van der Waals surface area (Å²) in [5, 5.41) is 3.44. The largest absolute Gasteiger partial charge is 0.491 e. The van der Waals surface area contributed by atoms with Crippen LogP contribution < -0.4 is 15.7 Å². The molecular formula is C21H21NO4. The Bertz CT molecular complexity index is 1000. The molecule has 0 fully saturated rings. The van der Waals surface area contributed by atoms with Gasteiger partial charge in [0.25, 0.3) is 5.91 Å². The minimum Gasteiger partial charge on any atom is -0.491 e. The Labute approximate surface area is 151 Å². The van der Waals surface area contributed by atoms with Crippen molar-refractivity contribution in [1.82, 2.24) is 5.32 Å². The summed E-state index contributed by atoms with van der Waals surface area (Å²) in [6.45, 7) is 6.21. The topological polar surface area (TPSA) is 68.5 Å². The molecule has 0 aliphatic rings. The fraction of sp³-hybridized carbons (Fsp3) is 0.238. The number of carbonyl (C=O) groups excluding carboxylic acids is 1. The first-order chi connectivity index (χ1) is 12.4. The third-order valence-corrected chi connectivity index (χ3v) is 4.03. The Morgan fingerprint density at radius 1 is 1.15 bits per heavy atom. The highest BCUT2D eigenvalue weighted by molar-refractivity contribution is 6.05. The summed E-state index contributed by atoms with van der Waals surface area (Å²) in [6.07, 6.45) is -0.000217. The number of fused-ring (bicyclic) bond motifs is 1. The van der Waals surface area contributed by atoms with Crippen molar-refractivity contribution in [2.24, 2.45) is 0 Å². The van der Waals surface area contributed by atoms with Crippen LogP contribution in [0.2, 0.25) is 0 Å². The maximum absolute atomic E-state index is 12.6. The first kappa shape index (κ1) is 17.7. The second kappa shape index (κ2) is 7.44. The standard InChI is InChI=1S/C21H21NO4/c1-13(2)25-16-8-9-17-18(11-20(23)26-19(17)10-16)21(24)22-12-15-7-5-4-6-14(15)3/h4-11,13H,12H2,1-3H3,(H,22,24). The average molecular weight is 351 g/mol. The quantitative estimate of drug-likeness (QED) is 0.710. The molecule has 1 amide bonds. The van der Waals surface area contributed by atoms with E-state index in [0.29, 0.717) is 28.8 Å². The van der Waals surface area contributed by atoms with Crippen LogP contribution in [-0.2, 0) is 6.54 Å². The second-order valence-corrected chi connectivity index (χ2v) is 6.41. The van der Waals surface area contributed by atoms with Crippen molar-refractivity contribution in [2.45, 2.75) is 33.4 Å². The normalized spacial score (nSPS) is 10.9. The van der Waals surface area contributed by atoms with Crippen LogP contribution in [0.5, 0.6) is 5.75 Å². The predicted octanol–water partition coefficient (Wildman–Crippen LogP) is 3.82. The van der Waals surface area contributed by atoms with Gasteiger partial charge < -0.3 is 14.5 Å². The minimum atomic E-state index is -0.569. The number of ether oxygens (including phenoxy) is 1. The highest BCUT2D eigenvalue weighted by atomic mass is 16.5. The third-order valence-electron chi connectivity index (χ3n) is 4.03. The van der Waals surface area contributed by atoms with Gasteiger partial charge in [0.2, 0.25) is 0 Å². The molecule has 0 spiro atoms. The van der Waals surface area contributed by atoms with Gasteiger partial charge in [0.1, 0.15) is 11.3 Å². The molecule has 1 N–H and O–H groups in total. The van der Waals surface area contributed by atoms with E-state index in [1.165, 1.54) is 6.07 Å². The summed E-state index contributed by atoms with van der Waals surface area (Å²) in [6, 6.07) is 14.2. The monoisotopic (exact) mass is 351 g/mol. The third kappa shape index (κ3) is 3.94. The molecule has 134 valence electrons. The van der Waals surface area contributed by atoms with Crippen molar-refractivity contribution in [3.63, 3.8) is 0 Å². The lowest BCUT2D eigenvalue weighted by atomic mass is 10.1. The van der Waals surface area contributed by atoms with Crippen molar-refractivity contribution in [3.05, 3.63) is 75.6 Å². The van der Waals surface area contributed by atoms with E-state index in [4.69, 9.17) is 9.15 Å². The van der Waals surface area contributed by atoms with Crippen LogP contribution >= 0.6 is 0 Å². The Hall–Kier alpha value is -3.08. The molecular weight excluding hydrogens is 330 g/mol. The lowest BCUT2D eigenvalue weighted by Crippen LogP contribution is -2.24. The van der Waals surface area contributed by atoms with Crippen LogP contribution in [-0.4, -0.2) is 12.0 Å². The van der Waals surface area contributed by atoms with Gasteiger partial charge in [-0.05, 0) is 44.0 Å². The van der Waals surface area contributed by atoms with Gasteiger partial charge >= 0.3 is 5.63 Å². The van der Waals surface area contributed by atoms with E-state index in [0.717, 1.165) is 11.1 Å². The summed E-state index contributed by atoms with van der Waals surface area (Å²) < 4.78 is 10.9. The Kier molecular flexibility index (Phi) is 5.07. The fourth-order valence-electron chi connectivity index (χ4n) is 2.76. The zero-order chi connectivity index (χ0) is 18.7.